The second-order valence-corrected chi connectivity index (χ2v) is 5.04. The fraction of sp³-hybridized carbons (Fsp3) is 0.294. The van der Waals surface area contributed by atoms with Crippen molar-refractivity contribution < 1.29 is 31.4 Å². The second-order valence-electron chi connectivity index (χ2n) is 5.04. The van der Waals surface area contributed by atoms with E-state index in [-0.39, 0.29) is 28.6 Å². The number of pyridine rings is 1. The number of carbonyl (C=O) groups excluding carboxylic acids is 1. The third-order valence-electron chi connectivity index (χ3n) is 3.45. The van der Waals surface area contributed by atoms with Crippen molar-refractivity contribution in [3.05, 3.63) is 54.9 Å². The highest BCUT2D eigenvalue weighted by atomic mass is 79.9. The highest BCUT2D eigenvalue weighted by Crippen LogP contribution is 2.18. The maximum atomic E-state index is 12.1. The number of phenolic OH excluding ortho intramolecular Hbond substituents is 1. The number of benzene rings is 1. The van der Waals surface area contributed by atoms with Gasteiger partial charge in [-0.1, -0.05) is 6.07 Å². The predicted molar refractivity (Wildman–Crippen MR) is 82.0 cm³/mol. The van der Waals surface area contributed by atoms with Gasteiger partial charge in [-0.15, -0.1) is 0 Å². The molecule has 1 aromatic heterocycles. The lowest BCUT2D eigenvalue weighted by Crippen LogP contribution is -3.00. The van der Waals surface area contributed by atoms with E-state index in [9.17, 15) is 9.90 Å². The number of aromatic hydroxyl groups is 1. The van der Waals surface area contributed by atoms with Gasteiger partial charge in [0.1, 0.15) is 12.3 Å². The molecule has 0 bridgehead atoms. The lowest BCUT2D eigenvalue weighted by molar-refractivity contribution is -0.697. The molecule has 1 amide bonds. The Bertz CT molecular complexity index is 573. The van der Waals surface area contributed by atoms with Crippen LogP contribution >= 0.6 is 0 Å². The van der Waals surface area contributed by atoms with Crippen LogP contribution in [0.15, 0.2) is 54.9 Å². The number of phenols is 1. The van der Waals surface area contributed by atoms with Crippen molar-refractivity contribution in [3.63, 3.8) is 0 Å². The molecule has 0 atom stereocenters. The van der Waals surface area contributed by atoms with E-state index in [4.69, 9.17) is 0 Å². The summed E-state index contributed by atoms with van der Waals surface area (Å²) in [5.41, 5.74) is 0.801. The average molecular weight is 365 g/mol. The van der Waals surface area contributed by atoms with Gasteiger partial charge in [-0.05, 0) is 30.7 Å². The van der Waals surface area contributed by atoms with Crippen LogP contribution in [0.2, 0.25) is 0 Å². The van der Waals surface area contributed by atoms with Gasteiger partial charge < -0.3 is 27.0 Å². The Hall–Kier alpha value is -1.88. The van der Waals surface area contributed by atoms with Crippen molar-refractivity contribution in [2.24, 2.45) is 0 Å². The van der Waals surface area contributed by atoms with Crippen LogP contribution in [0.4, 0.5) is 5.69 Å². The highest BCUT2D eigenvalue weighted by Gasteiger charge is 2.10. The number of unbranched alkanes of at least 4 members (excludes halogenated alkanes) is 1. The fourth-order valence-electron chi connectivity index (χ4n) is 2.14. The van der Waals surface area contributed by atoms with Gasteiger partial charge >= 0.3 is 0 Å². The first-order chi connectivity index (χ1) is 10.2. The first kappa shape index (κ1) is 18.2. The van der Waals surface area contributed by atoms with Crippen molar-refractivity contribution in [2.75, 3.05) is 11.9 Å². The average Bonchev–Trinajstić information content (AvgIpc) is 2.52. The zero-order chi connectivity index (χ0) is 15.1. The maximum absolute atomic E-state index is 12.1. The van der Waals surface area contributed by atoms with Gasteiger partial charge in [0.05, 0.1) is 0 Å². The molecule has 4 nitrogen and oxygen atoms in total. The van der Waals surface area contributed by atoms with Crippen LogP contribution in [0.25, 0.3) is 0 Å². The molecular weight excluding hydrogens is 344 g/mol. The zero-order valence-electron chi connectivity index (χ0n) is 12.7. The second kappa shape index (κ2) is 9.20. The molecule has 0 saturated heterocycles. The molecule has 1 heterocycles. The van der Waals surface area contributed by atoms with Crippen molar-refractivity contribution in [3.8, 4) is 5.75 Å². The minimum Gasteiger partial charge on any atom is -1.00 e. The topological polar surface area (TPSA) is 44.4 Å². The summed E-state index contributed by atoms with van der Waals surface area (Å²) >= 11 is 0. The van der Waals surface area contributed by atoms with Crippen LogP contribution in [-0.2, 0) is 11.3 Å². The molecule has 0 radical (unpaired) electrons. The summed E-state index contributed by atoms with van der Waals surface area (Å²) in [5, 5.41) is 9.25. The molecule has 2 aromatic rings. The quantitative estimate of drug-likeness (QED) is 0.555. The Balaban J connectivity index is 0.00000242. The molecule has 118 valence electrons. The lowest BCUT2D eigenvalue weighted by Gasteiger charge is -2.17. The Kier molecular flexibility index (Phi) is 7.60. The van der Waals surface area contributed by atoms with Gasteiger partial charge in [-0.2, -0.15) is 0 Å². The smallest absolute Gasteiger partial charge is 0.226 e. The third-order valence-corrected chi connectivity index (χ3v) is 3.45. The van der Waals surface area contributed by atoms with Crippen LogP contribution in [0, 0.1) is 0 Å². The normalized spacial score (nSPS) is 9.86. The van der Waals surface area contributed by atoms with E-state index in [2.05, 4.69) is 4.57 Å². The van der Waals surface area contributed by atoms with Crippen LogP contribution in [0.1, 0.15) is 19.3 Å². The van der Waals surface area contributed by atoms with Gasteiger partial charge in [0.15, 0.2) is 12.4 Å². The number of carbonyl (C=O) groups is 1. The summed E-state index contributed by atoms with van der Waals surface area (Å²) in [6, 6.07) is 12.7. The number of amides is 1. The number of hydrogen-bond acceptors (Lipinski definition) is 2. The van der Waals surface area contributed by atoms with E-state index in [1.807, 2.05) is 30.6 Å². The summed E-state index contributed by atoms with van der Waals surface area (Å²) in [6.07, 6.45) is 6.44. The van der Waals surface area contributed by atoms with Gasteiger partial charge in [0.2, 0.25) is 5.91 Å². The van der Waals surface area contributed by atoms with E-state index < -0.39 is 0 Å². The first-order valence-electron chi connectivity index (χ1n) is 7.16. The molecule has 2 rings (SSSR count). The van der Waals surface area contributed by atoms with Gasteiger partial charge in [0.25, 0.3) is 0 Å². The van der Waals surface area contributed by atoms with Crippen molar-refractivity contribution in [2.45, 2.75) is 25.8 Å². The van der Waals surface area contributed by atoms with E-state index in [0.717, 1.165) is 25.1 Å². The highest BCUT2D eigenvalue weighted by molar-refractivity contribution is 5.92. The molecule has 0 unspecified atom stereocenters. The SMILES string of the molecule is CN(C(=O)CCCC[n+]1ccccc1)c1ccc(O)cc1.[Br-]. The number of aryl methyl sites for hydroxylation is 1. The molecule has 1 N–H and O–H groups in total. The molecule has 0 aliphatic carbocycles. The van der Waals surface area contributed by atoms with Crippen molar-refractivity contribution in [1.29, 1.82) is 0 Å². The fourth-order valence-corrected chi connectivity index (χ4v) is 2.14. The van der Waals surface area contributed by atoms with Crippen molar-refractivity contribution in [1.82, 2.24) is 0 Å². The standard InChI is InChI=1S/C17H20N2O2.BrH/c1-18(15-8-10-16(20)11-9-15)17(21)7-3-6-14-19-12-4-2-5-13-19;/h2,4-5,8-13H,3,6-7,14H2,1H3;1H. The molecule has 22 heavy (non-hydrogen) atoms. The number of aromatic nitrogens is 1. The summed E-state index contributed by atoms with van der Waals surface area (Å²) in [7, 11) is 1.76. The summed E-state index contributed by atoms with van der Waals surface area (Å²) in [6.45, 7) is 0.928. The van der Waals surface area contributed by atoms with Crippen LogP contribution in [0.3, 0.4) is 0 Å². The molecule has 1 aromatic carbocycles. The Labute approximate surface area is 141 Å². The summed E-state index contributed by atoms with van der Waals surface area (Å²) in [5.74, 6) is 0.304. The van der Waals surface area contributed by atoms with Crippen molar-refractivity contribution >= 4 is 11.6 Å². The number of rotatable bonds is 6. The van der Waals surface area contributed by atoms with Crippen LogP contribution < -0.4 is 26.4 Å². The first-order valence-corrected chi connectivity index (χ1v) is 7.16. The Morgan fingerprint density at radius 3 is 2.36 bits per heavy atom. The monoisotopic (exact) mass is 364 g/mol. The molecule has 0 aliphatic rings. The number of nitrogens with zero attached hydrogens (tertiary/aromatic N) is 2. The van der Waals surface area contributed by atoms with Gasteiger partial charge in [0, 0.05) is 37.7 Å². The molecule has 0 saturated carbocycles. The lowest BCUT2D eigenvalue weighted by atomic mass is 10.2. The Morgan fingerprint density at radius 2 is 1.73 bits per heavy atom. The predicted octanol–water partition coefficient (Wildman–Crippen LogP) is -0.483. The van der Waals surface area contributed by atoms with E-state index in [1.54, 1.807) is 36.2 Å². The van der Waals surface area contributed by atoms with E-state index in [0.29, 0.717) is 6.42 Å². The number of anilines is 1. The molecule has 0 aliphatic heterocycles. The van der Waals surface area contributed by atoms with Gasteiger partial charge in [-0.25, -0.2) is 4.57 Å². The Morgan fingerprint density at radius 1 is 1.09 bits per heavy atom. The third kappa shape index (κ3) is 5.48. The summed E-state index contributed by atoms with van der Waals surface area (Å²) in [4.78, 5) is 13.7. The molecule has 0 spiro atoms. The zero-order valence-corrected chi connectivity index (χ0v) is 14.2. The minimum absolute atomic E-state index is 0. The maximum Gasteiger partial charge on any atom is 0.226 e. The molecule has 5 heteroatoms. The largest absolute Gasteiger partial charge is 1.00 e. The van der Waals surface area contributed by atoms with Crippen LogP contribution in [-0.4, -0.2) is 18.1 Å². The van der Waals surface area contributed by atoms with Crippen LogP contribution in [0.5, 0.6) is 5.75 Å². The van der Waals surface area contributed by atoms with E-state index >= 15 is 0 Å². The molecule has 0 fully saturated rings. The minimum atomic E-state index is 0. The summed E-state index contributed by atoms with van der Waals surface area (Å²) < 4.78 is 2.12. The van der Waals surface area contributed by atoms with E-state index in [1.165, 1.54) is 0 Å². The molecular formula is C17H21BrN2O2. The van der Waals surface area contributed by atoms with Gasteiger partial charge in [-0.3, -0.25) is 4.79 Å². The number of hydrogen-bond donors (Lipinski definition) is 1. The number of halogens is 1.